The van der Waals surface area contributed by atoms with Gasteiger partial charge in [-0.1, -0.05) is 0 Å². The number of fused-ring (bicyclic) bond motifs is 1. The average molecular weight is 262 g/mol. The molecule has 0 saturated heterocycles. The van der Waals surface area contributed by atoms with Gasteiger partial charge in [-0.05, 0) is 37.0 Å². The van der Waals surface area contributed by atoms with Crippen LogP contribution in [0.25, 0.3) is 5.57 Å². The highest BCUT2D eigenvalue weighted by Crippen LogP contribution is 2.41. The predicted molar refractivity (Wildman–Crippen MR) is 72.5 cm³/mol. The van der Waals surface area contributed by atoms with Crippen molar-refractivity contribution in [2.24, 2.45) is 0 Å². The Morgan fingerprint density at radius 2 is 1.79 bits per heavy atom. The summed E-state index contributed by atoms with van der Waals surface area (Å²) in [6.07, 6.45) is 4.29. The smallest absolute Gasteiger partial charge is 0.330 e. The molecule has 4 nitrogen and oxygen atoms in total. The van der Waals surface area contributed by atoms with Gasteiger partial charge in [0.05, 0.1) is 21.3 Å². The van der Waals surface area contributed by atoms with E-state index in [0.29, 0.717) is 0 Å². The lowest BCUT2D eigenvalue weighted by molar-refractivity contribution is -0.134. The number of allylic oxidation sites excluding steroid dienone is 1. The lowest BCUT2D eigenvalue weighted by Crippen LogP contribution is -2.08. The summed E-state index contributed by atoms with van der Waals surface area (Å²) < 4.78 is 15.5. The van der Waals surface area contributed by atoms with Crippen LogP contribution in [0.4, 0.5) is 0 Å². The molecule has 1 aliphatic carbocycles. The highest BCUT2D eigenvalue weighted by Gasteiger charge is 2.22. The monoisotopic (exact) mass is 262 g/mol. The van der Waals surface area contributed by atoms with Crippen molar-refractivity contribution in [2.75, 3.05) is 21.3 Å². The molecule has 0 radical (unpaired) electrons. The van der Waals surface area contributed by atoms with E-state index in [1.54, 1.807) is 20.3 Å². The van der Waals surface area contributed by atoms with Gasteiger partial charge in [0.2, 0.25) is 0 Å². The van der Waals surface area contributed by atoms with Crippen molar-refractivity contribution in [3.63, 3.8) is 0 Å². The number of hydrogen-bond acceptors (Lipinski definition) is 4. The summed E-state index contributed by atoms with van der Waals surface area (Å²) in [4.78, 5) is 11.5. The summed E-state index contributed by atoms with van der Waals surface area (Å²) >= 11 is 0. The van der Waals surface area contributed by atoms with Crippen LogP contribution in [0.5, 0.6) is 11.5 Å². The second-order valence-corrected chi connectivity index (χ2v) is 4.37. The minimum absolute atomic E-state index is 0.340. The lowest BCUT2D eigenvalue weighted by Gasteiger charge is -2.23. The van der Waals surface area contributed by atoms with E-state index in [1.807, 2.05) is 12.1 Å². The normalized spacial score (nSPS) is 15.8. The number of carbonyl (C=O) groups excluding carboxylic acids is 1. The van der Waals surface area contributed by atoms with Gasteiger partial charge < -0.3 is 14.2 Å². The van der Waals surface area contributed by atoms with E-state index in [1.165, 1.54) is 7.11 Å². The van der Waals surface area contributed by atoms with Crippen LogP contribution in [0.15, 0.2) is 18.2 Å². The molecule has 1 aromatic rings. The predicted octanol–water partition coefficient (Wildman–Crippen LogP) is 2.60. The summed E-state index contributed by atoms with van der Waals surface area (Å²) in [6, 6.07) is 3.77. The Morgan fingerprint density at radius 3 is 2.42 bits per heavy atom. The van der Waals surface area contributed by atoms with Crippen molar-refractivity contribution in [1.82, 2.24) is 0 Å². The molecule has 0 atom stereocenters. The molecule has 0 N–H and O–H groups in total. The molecule has 0 saturated carbocycles. The number of rotatable bonds is 3. The van der Waals surface area contributed by atoms with E-state index < -0.39 is 0 Å². The first kappa shape index (κ1) is 13.5. The Morgan fingerprint density at radius 1 is 1.11 bits per heavy atom. The van der Waals surface area contributed by atoms with Gasteiger partial charge in [0, 0.05) is 17.2 Å². The zero-order chi connectivity index (χ0) is 13.8. The Bertz CT molecular complexity index is 517. The fraction of sp³-hybridized carbons (Fsp3) is 0.400. The summed E-state index contributed by atoms with van der Waals surface area (Å²) in [6.45, 7) is 0. The third-order valence-corrected chi connectivity index (χ3v) is 3.36. The summed E-state index contributed by atoms with van der Waals surface area (Å²) in [5, 5.41) is 0. The van der Waals surface area contributed by atoms with Gasteiger partial charge in [-0.15, -0.1) is 0 Å². The largest absolute Gasteiger partial charge is 0.496 e. The molecule has 0 bridgehead atoms. The fourth-order valence-corrected chi connectivity index (χ4v) is 2.49. The SMILES string of the molecule is COC(=O)/C=C1\CCCc2c(OC)ccc(OC)c21. The van der Waals surface area contributed by atoms with Crippen molar-refractivity contribution < 1.29 is 19.0 Å². The minimum atomic E-state index is -0.340. The van der Waals surface area contributed by atoms with Crippen LogP contribution in [-0.4, -0.2) is 27.3 Å². The van der Waals surface area contributed by atoms with E-state index in [-0.39, 0.29) is 5.97 Å². The van der Waals surface area contributed by atoms with Gasteiger partial charge >= 0.3 is 5.97 Å². The maximum Gasteiger partial charge on any atom is 0.330 e. The highest BCUT2D eigenvalue weighted by atomic mass is 16.5. The maximum absolute atomic E-state index is 11.5. The van der Waals surface area contributed by atoms with Gasteiger partial charge in [0.1, 0.15) is 11.5 Å². The lowest BCUT2D eigenvalue weighted by atomic mass is 9.86. The number of benzene rings is 1. The third kappa shape index (κ3) is 2.57. The van der Waals surface area contributed by atoms with E-state index in [9.17, 15) is 4.79 Å². The molecule has 0 unspecified atom stereocenters. The van der Waals surface area contributed by atoms with Crippen molar-refractivity contribution in [2.45, 2.75) is 19.3 Å². The van der Waals surface area contributed by atoms with Crippen LogP contribution in [0.3, 0.4) is 0 Å². The standard InChI is InChI=1S/C15H18O4/c1-17-12-7-8-13(18-2)15-10(9-14(16)19-3)5-4-6-11(12)15/h7-9H,4-6H2,1-3H3/b10-9+. The molecule has 0 heterocycles. The van der Waals surface area contributed by atoms with E-state index in [0.717, 1.165) is 47.5 Å². The van der Waals surface area contributed by atoms with E-state index in [4.69, 9.17) is 14.2 Å². The molecule has 0 amide bonds. The van der Waals surface area contributed by atoms with Crippen LogP contribution in [-0.2, 0) is 16.0 Å². The number of methoxy groups -OCH3 is 3. The van der Waals surface area contributed by atoms with Crippen molar-refractivity contribution in [3.05, 3.63) is 29.3 Å². The molecule has 19 heavy (non-hydrogen) atoms. The van der Waals surface area contributed by atoms with Crippen molar-refractivity contribution >= 4 is 11.5 Å². The second kappa shape index (κ2) is 5.78. The highest BCUT2D eigenvalue weighted by molar-refractivity contribution is 5.93. The Hall–Kier alpha value is -1.97. The molecule has 102 valence electrons. The van der Waals surface area contributed by atoms with Crippen LogP contribution in [0, 0.1) is 0 Å². The number of esters is 1. The molecule has 1 aliphatic rings. The molecular weight excluding hydrogens is 244 g/mol. The van der Waals surface area contributed by atoms with E-state index >= 15 is 0 Å². The molecule has 0 aliphatic heterocycles. The molecule has 4 heteroatoms. The van der Waals surface area contributed by atoms with Gasteiger partial charge in [-0.3, -0.25) is 0 Å². The Kier molecular flexibility index (Phi) is 4.10. The number of carbonyl (C=O) groups is 1. The van der Waals surface area contributed by atoms with Gasteiger partial charge in [0.25, 0.3) is 0 Å². The Labute approximate surface area is 113 Å². The van der Waals surface area contributed by atoms with Crippen LogP contribution in [0.2, 0.25) is 0 Å². The van der Waals surface area contributed by atoms with Crippen LogP contribution < -0.4 is 9.47 Å². The van der Waals surface area contributed by atoms with Crippen LogP contribution >= 0.6 is 0 Å². The first-order valence-electron chi connectivity index (χ1n) is 6.24. The molecule has 0 aromatic heterocycles. The topological polar surface area (TPSA) is 44.8 Å². The van der Waals surface area contributed by atoms with Crippen molar-refractivity contribution in [3.8, 4) is 11.5 Å². The zero-order valence-corrected chi connectivity index (χ0v) is 11.5. The first-order chi connectivity index (χ1) is 9.21. The Balaban J connectivity index is 2.58. The summed E-state index contributed by atoms with van der Waals surface area (Å²) in [5.74, 6) is 1.27. The number of hydrogen-bond donors (Lipinski definition) is 0. The molecule has 0 spiro atoms. The zero-order valence-electron chi connectivity index (χ0n) is 11.5. The molecule has 0 fully saturated rings. The summed E-state index contributed by atoms with van der Waals surface area (Å²) in [7, 11) is 4.67. The van der Waals surface area contributed by atoms with E-state index in [2.05, 4.69) is 0 Å². The minimum Gasteiger partial charge on any atom is -0.496 e. The average Bonchev–Trinajstić information content (AvgIpc) is 2.46. The maximum atomic E-state index is 11.5. The second-order valence-electron chi connectivity index (χ2n) is 4.37. The molecular formula is C15H18O4. The third-order valence-electron chi connectivity index (χ3n) is 3.36. The van der Waals surface area contributed by atoms with Gasteiger partial charge in [-0.2, -0.15) is 0 Å². The first-order valence-corrected chi connectivity index (χ1v) is 6.24. The fourth-order valence-electron chi connectivity index (χ4n) is 2.49. The summed E-state index contributed by atoms with van der Waals surface area (Å²) in [5.41, 5.74) is 3.02. The quantitative estimate of drug-likeness (QED) is 0.620. The van der Waals surface area contributed by atoms with Crippen molar-refractivity contribution in [1.29, 1.82) is 0 Å². The number of ether oxygens (including phenoxy) is 3. The molecule has 2 rings (SSSR count). The van der Waals surface area contributed by atoms with Gasteiger partial charge in [0.15, 0.2) is 0 Å². The van der Waals surface area contributed by atoms with Crippen LogP contribution in [0.1, 0.15) is 24.0 Å². The van der Waals surface area contributed by atoms with Gasteiger partial charge in [-0.25, -0.2) is 4.79 Å². The molecule has 1 aromatic carbocycles.